The number of hydrogen-bond donors (Lipinski definition) is 0. The first-order valence-corrected chi connectivity index (χ1v) is 18.7. The van der Waals surface area contributed by atoms with Crippen molar-refractivity contribution in [3.8, 4) is 45.3 Å². The summed E-state index contributed by atoms with van der Waals surface area (Å²) in [6.45, 7) is 0. The molecule has 2 heterocycles. The number of nitrogens with zero attached hydrogens (tertiary/aromatic N) is 3. The standard InChI is InChI=1S/C49H29N3S/c1-3-12-33(13-4-1)47-50-48(34-14-5-2-6-15-34)52-49(51-47)45-37-16-8-7-11-30(37)23-26-39(45)36-25-27-38-35(29-36)22-21-31-19-20-32-24-28-41-40-17-9-10-18-42(40)53-46(41)44(32)43(31)38/h1-29H. The first kappa shape index (κ1) is 29.9. The van der Waals surface area contributed by atoms with Gasteiger partial charge in [0.15, 0.2) is 17.5 Å². The topological polar surface area (TPSA) is 38.7 Å². The number of thiophene rings is 1. The van der Waals surface area contributed by atoms with E-state index < -0.39 is 0 Å². The fraction of sp³-hybridized carbons (Fsp3) is 0. The molecule has 0 N–H and O–H groups in total. The highest BCUT2D eigenvalue weighted by Gasteiger charge is 2.19. The Hall–Kier alpha value is -6.75. The summed E-state index contributed by atoms with van der Waals surface area (Å²) in [6, 6.07) is 62.7. The van der Waals surface area contributed by atoms with Crippen molar-refractivity contribution in [3.05, 3.63) is 176 Å². The van der Waals surface area contributed by atoms with Crippen LogP contribution in [-0.2, 0) is 0 Å². The summed E-state index contributed by atoms with van der Waals surface area (Å²) >= 11 is 1.90. The summed E-state index contributed by atoms with van der Waals surface area (Å²) < 4.78 is 2.67. The van der Waals surface area contributed by atoms with E-state index >= 15 is 0 Å². The van der Waals surface area contributed by atoms with Gasteiger partial charge in [-0.05, 0) is 61.0 Å². The molecular formula is C49H29N3S. The largest absolute Gasteiger partial charge is 0.208 e. The van der Waals surface area contributed by atoms with E-state index in [9.17, 15) is 0 Å². The highest BCUT2D eigenvalue weighted by atomic mass is 32.1. The van der Waals surface area contributed by atoms with E-state index in [-0.39, 0.29) is 0 Å². The molecule has 0 saturated carbocycles. The van der Waals surface area contributed by atoms with Crippen molar-refractivity contribution in [2.45, 2.75) is 0 Å². The third-order valence-corrected chi connectivity index (χ3v) is 11.7. The van der Waals surface area contributed by atoms with Crippen LogP contribution >= 0.6 is 11.3 Å². The Morgan fingerprint density at radius 3 is 1.66 bits per heavy atom. The number of fused-ring (bicyclic) bond motifs is 10. The maximum atomic E-state index is 5.20. The summed E-state index contributed by atoms with van der Waals surface area (Å²) in [7, 11) is 0. The van der Waals surface area contributed by atoms with Gasteiger partial charge < -0.3 is 0 Å². The van der Waals surface area contributed by atoms with Crippen LogP contribution in [0.5, 0.6) is 0 Å². The van der Waals surface area contributed by atoms with Crippen molar-refractivity contribution in [2.75, 3.05) is 0 Å². The average Bonchev–Trinajstić information content (AvgIpc) is 3.62. The van der Waals surface area contributed by atoms with Gasteiger partial charge in [0.1, 0.15) is 0 Å². The second-order valence-electron chi connectivity index (χ2n) is 13.6. The number of aromatic nitrogens is 3. The molecule has 0 bridgehead atoms. The minimum Gasteiger partial charge on any atom is -0.208 e. The quantitative estimate of drug-likeness (QED) is 0.172. The minimum absolute atomic E-state index is 0.651. The molecule has 0 atom stereocenters. The number of rotatable bonds is 4. The van der Waals surface area contributed by atoms with Crippen LogP contribution in [0.1, 0.15) is 0 Å². The molecule has 0 saturated heterocycles. The SMILES string of the molecule is c1ccc(-c2nc(-c3ccccc3)nc(-c3c(-c4ccc5c(ccc6ccc7ccc8c9ccccc9sc8c7c65)c4)ccc4ccccc34)n2)cc1. The molecule has 9 aromatic carbocycles. The summed E-state index contributed by atoms with van der Waals surface area (Å²) in [5.41, 5.74) is 5.10. The summed E-state index contributed by atoms with van der Waals surface area (Å²) in [4.78, 5) is 15.4. The predicted molar refractivity (Wildman–Crippen MR) is 224 cm³/mol. The van der Waals surface area contributed by atoms with Gasteiger partial charge in [0.25, 0.3) is 0 Å². The zero-order valence-corrected chi connectivity index (χ0v) is 29.3. The lowest BCUT2D eigenvalue weighted by molar-refractivity contribution is 1.08. The molecule has 246 valence electrons. The Balaban J connectivity index is 1.17. The molecule has 11 aromatic rings. The molecule has 0 unspecified atom stereocenters. The maximum absolute atomic E-state index is 5.20. The van der Waals surface area contributed by atoms with Crippen LogP contribution in [-0.4, -0.2) is 15.0 Å². The summed E-state index contributed by atoms with van der Waals surface area (Å²) in [5, 5.41) is 12.5. The van der Waals surface area contributed by atoms with Gasteiger partial charge in [-0.1, -0.05) is 164 Å². The van der Waals surface area contributed by atoms with E-state index in [0.717, 1.165) is 38.6 Å². The Morgan fingerprint density at radius 2 is 0.906 bits per heavy atom. The maximum Gasteiger partial charge on any atom is 0.165 e. The molecule has 0 amide bonds. The van der Waals surface area contributed by atoms with Crippen LogP contribution in [0.15, 0.2) is 176 Å². The summed E-state index contributed by atoms with van der Waals surface area (Å²) in [6.07, 6.45) is 0. The fourth-order valence-electron chi connectivity index (χ4n) is 7.99. The first-order valence-electron chi connectivity index (χ1n) is 17.9. The first-order chi connectivity index (χ1) is 26.3. The molecule has 0 aliphatic rings. The highest BCUT2D eigenvalue weighted by Crippen LogP contribution is 2.44. The Bertz CT molecular complexity index is 3160. The molecule has 4 heteroatoms. The highest BCUT2D eigenvalue weighted by molar-refractivity contribution is 7.26. The normalized spacial score (nSPS) is 11.8. The van der Waals surface area contributed by atoms with E-state index in [1.807, 2.05) is 47.7 Å². The van der Waals surface area contributed by atoms with Crippen LogP contribution in [0.2, 0.25) is 0 Å². The second kappa shape index (κ2) is 11.9. The van der Waals surface area contributed by atoms with Crippen LogP contribution in [0.3, 0.4) is 0 Å². The summed E-state index contributed by atoms with van der Waals surface area (Å²) in [5.74, 6) is 1.96. The molecule has 0 fully saturated rings. The van der Waals surface area contributed by atoms with Crippen LogP contribution in [0.25, 0.3) is 109 Å². The Labute approximate surface area is 309 Å². The number of benzene rings is 9. The van der Waals surface area contributed by atoms with Crippen molar-refractivity contribution in [2.24, 2.45) is 0 Å². The van der Waals surface area contributed by atoms with Crippen molar-refractivity contribution < 1.29 is 0 Å². The van der Waals surface area contributed by atoms with Crippen LogP contribution in [0.4, 0.5) is 0 Å². The molecule has 2 aromatic heterocycles. The van der Waals surface area contributed by atoms with Gasteiger partial charge >= 0.3 is 0 Å². The molecule has 53 heavy (non-hydrogen) atoms. The van der Waals surface area contributed by atoms with E-state index in [0.29, 0.717) is 17.5 Å². The molecule has 0 radical (unpaired) electrons. The Morgan fingerprint density at radius 1 is 0.340 bits per heavy atom. The fourth-order valence-corrected chi connectivity index (χ4v) is 9.25. The van der Waals surface area contributed by atoms with Crippen molar-refractivity contribution in [1.29, 1.82) is 0 Å². The minimum atomic E-state index is 0.651. The molecule has 3 nitrogen and oxygen atoms in total. The van der Waals surface area contributed by atoms with E-state index in [2.05, 4.69) is 140 Å². The van der Waals surface area contributed by atoms with E-state index in [4.69, 9.17) is 15.0 Å². The zero-order valence-electron chi connectivity index (χ0n) is 28.5. The lowest BCUT2D eigenvalue weighted by Crippen LogP contribution is -2.01. The van der Waals surface area contributed by atoms with Gasteiger partial charge in [-0.25, -0.2) is 15.0 Å². The van der Waals surface area contributed by atoms with Crippen LogP contribution < -0.4 is 0 Å². The van der Waals surface area contributed by atoms with Crippen molar-refractivity contribution >= 4 is 74.6 Å². The number of hydrogen-bond acceptors (Lipinski definition) is 4. The van der Waals surface area contributed by atoms with Gasteiger partial charge in [-0.15, -0.1) is 11.3 Å². The van der Waals surface area contributed by atoms with E-state index in [1.54, 1.807) is 0 Å². The van der Waals surface area contributed by atoms with Gasteiger partial charge in [-0.2, -0.15) is 0 Å². The van der Waals surface area contributed by atoms with Crippen LogP contribution in [0, 0.1) is 0 Å². The third-order valence-electron chi connectivity index (χ3n) is 10.5. The second-order valence-corrected chi connectivity index (χ2v) is 14.6. The molecule has 0 spiro atoms. The average molecular weight is 692 g/mol. The molecular weight excluding hydrogens is 663 g/mol. The van der Waals surface area contributed by atoms with Gasteiger partial charge in [0.2, 0.25) is 0 Å². The monoisotopic (exact) mass is 691 g/mol. The zero-order chi connectivity index (χ0) is 34.9. The van der Waals surface area contributed by atoms with Crippen molar-refractivity contribution in [3.63, 3.8) is 0 Å². The molecule has 0 aliphatic carbocycles. The van der Waals surface area contributed by atoms with Crippen molar-refractivity contribution in [1.82, 2.24) is 15.0 Å². The molecule has 11 rings (SSSR count). The van der Waals surface area contributed by atoms with E-state index in [1.165, 1.54) is 52.5 Å². The van der Waals surface area contributed by atoms with Gasteiger partial charge in [0.05, 0.1) is 0 Å². The predicted octanol–water partition coefficient (Wildman–Crippen LogP) is 13.5. The smallest absolute Gasteiger partial charge is 0.165 e. The third kappa shape index (κ3) is 4.84. The lowest BCUT2D eigenvalue weighted by Gasteiger charge is -2.16. The Kier molecular flexibility index (Phi) is 6.73. The van der Waals surface area contributed by atoms with Gasteiger partial charge in [0, 0.05) is 42.2 Å². The van der Waals surface area contributed by atoms with Gasteiger partial charge in [-0.3, -0.25) is 0 Å². The molecule has 0 aliphatic heterocycles. The lowest BCUT2D eigenvalue weighted by atomic mass is 9.90.